The molecule has 5 rings (SSSR count). The van der Waals surface area contributed by atoms with E-state index in [2.05, 4.69) is 18.3 Å². The van der Waals surface area contributed by atoms with Crippen molar-refractivity contribution < 1.29 is 9.53 Å². The zero-order valence-electron chi connectivity index (χ0n) is 14.7. The maximum absolute atomic E-state index is 12.4. The van der Waals surface area contributed by atoms with E-state index in [1.807, 2.05) is 18.2 Å². The van der Waals surface area contributed by atoms with Gasteiger partial charge in [0.2, 0.25) is 5.91 Å². The van der Waals surface area contributed by atoms with Crippen LogP contribution in [0.4, 0.5) is 0 Å². The molecule has 4 fully saturated rings. The molecular weight excluding hydrogens is 298 g/mol. The molecule has 4 aliphatic rings. The van der Waals surface area contributed by atoms with Crippen LogP contribution in [0.25, 0.3) is 0 Å². The van der Waals surface area contributed by atoms with E-state index in [1.54, 1.807) is 0 Å². The first-order chi connectivity index (χ1) is 11.6. The molecule has 24 heavy (non-hydrogen) atoms. The van der Waals surface area contributed by atoms with Crippen molar-refractivity contribution >= 4 is 5.91 Å². The first-order valence-electron chi connectivity index (χ1n) is 9.61. The number of rotatable bonds is 6. The Morgan fingerprint density at radius 3 is 2.46 bits per heavy atom. The Bertz CT molecular complexity index is 574. The van der Waals surface area contributed by atoms with Crippen molar-refractivity contribution in [3.63, 3.8) is 0 Å². The first-order valence-corrected chi connectivity index (χ1v) is 9.61. The predicted molar refractivity (Wildman–Crippen MR) is 95.0 cm³/mol. The van der Waals surface area contributed by atoms with Gasteiger partial charge in [-0.3, -0.25) is 4.79 Å². The molecule has 1 aromatic rings. The van der Waals surface area contributed by atoms with Crippen LogP contribution in [-0.4, -0.2) is 18.1 Å². The number of amides is 1. The number of hydrogen-bond acceptors (Lipinski definition) is 2. The molecule has 0 aromatic heterocycles. The number of ether oxygens (including phenoxy) is 1. The summed E-state index contributed by atoms with van der Waals surface area (Å²) in [5.41, 5.74) is 1.34. The van der Waals surface area contributed by atoms with Gasteiger partial charge in [-0.1, -0.05) is 12.1 Å². The smallest absolute Gasteiger partial charge is 0.220 e. The van der Waals surface area contributed by atoms with E-state index in [0.717, 1.165) is 29.9 Å². The van der Waals surface area contributed by atoms with Gasteiger partial charge in [0.15, 0.2) is 0 Å². The van der Waals surface area contributed by atoms with Crippen molar-refractivity contribution in [3.8, 4) is 5.75 Å². The molecule has 0 unspecified atom stereocenters. The van der Waals surface area contributed by atoms with Gasteiger partial charge in [-0.25, -0.2) is 0 Å². The monoisotopic (exact) mass is 327 g/mol. The van der Waals surface area contributed by atoms with Crippen LogP contribution in [-0.2, 0) is 4.79 Å². The lowest BCUT2D eigenvalue weighted by Crippen LogP contribution is -2.59. The highest BCUT2D eigenvalue weighted by Crippen LogP contribution is 2.55. The van der Waals surface area contributed by atoms with Gasteiger partial charge in [-0.2, -0.15) is 0 Å². The lowest BCUT2D eigenvalue weighted by Gasteiger charge is -2.56. The SMILES string of the molecule is Cc1cccc(OCCCC(=O)NC23CC4CC(CC(C4)C2)C3)c1. The van der Waals surface area contributed by atoms with Crippen molar-refractivity contribution in [2.24, 2.45) is 17.8 Å². The zero-order chi connectivity index (χ0) is 16.6. The maximum atomic E-state index is 12.4. The summed E-state index contributed by atoms with van der Waals surface area (Å²) >= 11 is 0. The highest BCUT2D eigenvalue weighted by atomic mass is 16.5. The van der Waals surface area contributed by atoms with Crippen molar-refractivity contribution in [2.45, 2.75) is 63.8 Å². The fraction of sp³-hybridized carbons (Fsp3) is 0.667. The summed E-state index contributed by atoms with van der Waals surface area (Å²) in [6, 6.07) is 8.08. The Balaban J connectivity index is 1.23. The third-order valence-corrected chi connectivity index (χ3v) is 6.25. The lowest BCUT2D eigenvalue weighted by atomic mass is 9.53. The van der Waals surface area contributed by atoms with Gasteiger partial charge in [0.05, 0.1) is 6.61 Å². The summed E-state index contributed by atoms with van der Waals surface area (Å²) in [7, 11) is 0. The van der Waals surface area contributed by atoms with Crippen molar-refractivity contribution in [1.82, 2.24) is 5.32 Å². The van der Waals surface area contributed by atoms with Gasteiger partial charge in [0, 0.05) is 12.0 Å². The molecule has 0 radical (unpaired) electrons. The normalized spacial score (nSPS) is 33.5. The summed E-state index contributed by atoms with van der Waals surface area (Å²) in [5, 5.41) is 3.44. The van der Waals surface area contributed by atoms with E-state index in [1.165, 1.54) is 44.1 Å². The Hall–Kier alpha value is -1.51. The minimum atomic E-state index is 0.142. The molecular formula is C21H29NO2. The number of aryl methyl sites for hydroxylation is 1. The molecule has 1 N–H and O–H groups in total. The van der Waals surface area contributed by atoms with E-state index in [9.17, 15) is 4.79 Å². The molecule has 3 nitrogen and oxygen atoms in total. The number of nitrogens with one attached hydrogen (secondary N) is 1. The van der Waals surface area contributed by atoms with Gasteiger partial charge in [0.1, 0.15) is 5.75 Å². The van der Waals surface area contributed by atoms with Crippen LogP contribution in [0.5, 0.6) is 5.75 Å². The quantitative estimate of drug-likeness (QED) is 0.794. The van der Waals surface area contributed by atoms with E-state index >= 15 is 0 Å². The highest BCUT2D eigenvalue weighted by Gasteiger charge is 2.51. The molecule has 1 amide bonds. The second-order valence-corrected chi connectivity index (χ2v) is 8.51. The molecule has 130 valence electrons. The molecule has 4 saturated carbocycles. The van der Waals surface area contributed by atoms with Crippen LogP contribution in [0.3, 0.4) is 0 Å². The second-order valence-electron chi connectivity index (χ2n) is 8.51. The largest absolute Gasteiger partial charge is 0.494 e. The molecule has 0 saturated heterocycles. The number of benzene rings is 1. The van der Waals surface area contributed by atoms with E-state index in [-0.39, 0.29) is 11.4 Å². The Kier molecular flexibility index (Phi) is 4.28. The molecule has 4 bridgehead atoms. The zero-order valence-corrected chi connectivity index (χ0v) is 14.7. The van der Waals surface area contributed by atoms with Gasteiger partial charge >= 0.3 is 0 Å². The van der Waals surface area contributed by atoms with Crippen molar-refractivity contribution in [1.29, 1.82) is 0 Å². The minimum absolute atomic E-state index is 0.142. The first kappa shape index (κ1) is 16.0. The van der Waals surface area contributed by atoms with E-state index < -0.39 is 0 Å². The maximum Gasteiger partial charge on any atom is 0.220 e. The van der Waals surface area contributed by atoms with Gasteiger partial charge in [-0.05, 0) is 87.3 Å². The molecule has 0 spiro atoms. The average Bonchev–Trinajstić information content (AvgIpc) is 2.50. The van der Waals surface area contributed by atoms with E-state index in [4.69, 9.17) is 4.74 Å². The Labute approximate surface area is 145 Å². The summed E-state index contributed by atoms with van der Waals surface area (Å²) in [5.74, 6) is 3.75. The summed E-state index contributed by atoms with van der Waals surface area (Å²) in [6.07, 6.45) is 9.29. The van der Waals surface area contributed by atoms with Crippen LogP contribution in [0, 0.1) is 24.7 Å². The number of carbonyl (C=O) groups is 1. The topological polar surface area (TPSA) is 38.3 Å². The second kappa shape index (κ2) is 6.42. The van der Waals surface area contributed by atoms with E-state index in [0.29, 0.717) is 13.0 Å². The molecule has 0 aliphatic heterocycles. The Morgan fingerprint density at radius 2 is 1.83 bits per heavy atom. The molecule has 0 atom stereocenters. The summed E-state index contributed by atoms with van der Waals surface area (Å²) in [4.78, 5) is 12.4. The van der Waals surface area contributed by atoms with Crippen molar-refractivity contribution in [2.75, 3.05) is 6.61 Å². The lowest BCUT2D eigenvalue weighted by molar-refractivity contribution is -0.127. The molecule has 4 aliphatic carbocycles. The van der Waals surface area contributed by atoms with Crippen LogP contribution in [0.15, 0.2) is 24.3 Å². The fourth-order valence-corrected chi connectivity index (χ4v) is 5.75. The van der Waals surface area contributed by atoms with Gasteiger partial charge in [0.25, 0.3) is 0 Å². The molecule has 0 heterocycles. The Morgan fingerprint density at radius 1 is 1.17 bits per heavy atom. The molecule has 3 heteroatoms. The molecule has 1 aromatic carbocycles. The fourth-order valence-electron chi connectivity index (χ4n) is 5.75. The van der Waals surface area contributed by atoms with Crippen LogP contribution in [0.2, 0.25) is 0 Å². The average molecular weight is 327 g/mol. The van der Waals surface area contributed by atoms with Crippen LogP contribution < -0.4 is 10.1 Å². The van der Waals surface area contributed by atoms with Crippen LogP contribution >= 0.6 is 0 Å². The van der Waals surface area contributed by atoms with Crippen molar-refractivity contribution in [3.05, 3.63) is 29.8 Å². The van der Waals surface area contributed by atoms with Gasteiger partial charge in [-0.15, -0.1) is 0 Å². The number of hydrogen-bond donors (Lipinski definition) is 1. The summed E-state index contributed by atoms with van der Waals surface area (Å²) < 4.78 is 5.75. The highest BCUT2D eigenvalue weighted by molar-refractivity contribution is 5.76. The predicted octanol–water partition coefficient (Wildman–Crippen LogP) is 4.24. The standard InChI is InChI=1S/C21H29NO2/c1-15-4-2-5-19(8-15)24-7-3-6-20(23)22-21-12-16-9-17(13-21)11-18(10-16)14-21/h2,4-5,8,16-18H,3,6-7,9-14H2,1H3,(H,22,23). The summed E-state index contributed by atoms with van der Waals surface area (Å²) in [6.45, 7) is 2.67. The number of carbonyl (C=O) groups excluding carboxylic acids is 1. The third-order valence-electron chi connectivity index (χ3n) is 6.25. The van der Waals surface area contributed by atoms with Crippen LogP contribution in [0.1, 0.15) is 56.9 Å². The third kappa shape index (κ3) is 3.45. The van der Waals surface area contributed by atoms with Gasteiger partial charge < -0.3 is 10.1 Å². The minimum Gasteiger partial charge on any atom is -0.494 e.